The van der Waals surface area contributed by atoms with Crippen molar-refractivity contribution in [1.82, 2.24) is 0 Å². The van der Waals surface area contributed by atoms with Gasteiger partial charge in [0.25, 0.3) is 0 Å². The summed E-state index contributed by atoms with van der Waals surface area (Å²) in [6, 6.07) is 3.15. The van der Waals surface area contributed by atoms with E-state index in [0.29, 0.717) is 6.61 Å². The summed E-state index contributed by atoms with van der Waals surface area (Å²) in [7, 11) is -1.69. The van der Waals surface area contributed by atoms with Crippen LogP contribution in [0.4, 0.5) is 0 Å². The smallest absolute Gasteiger partial charge is 0.492 e. The number of phenols is 1. The molecular formula is C9H13BO4. The Bertz CT molecular complexity index is 325. The molecule has 1 aromatic rings. The molecule has 3 N–H and O–H groups in total. The molecule has 0 saturated heterocycles. The van der Waals surface area contributed by atoms with Crippen molar-refractivity contribution >= 4 is 12.6 Å². The maximum Gasteiger partial charge on any atom is 0.492 e. The highest BCUT2D eigenvalue weighted by molar-refractivity contribution is 6.59. The van der Waals surface area contributed by atoms with E-state index >= 15 is 0 Å². The van der Waals surface area contributed by atoms with Crippen LogP contribution in [0, 0.1) is 6.92 Å². The van der Waals surface area contributed by atoms with Crippen molar-refractivity contribution in [2.45, 2.75) is 13.8 Å². The predicted molar refractivity (Wildman–Crippen MR) is 53.8 cm³/mol. The van der Waals surface area contributed by atoms with Gasteiger partial charge >= 0.3 is 7.12 Å². The van der Waals surface area contributed by atoms with E-state index in [9.17, 15) is 5.11 Å². The largest absolute Gasteiger partial charge is 0.505 e. The van der Waals surface area contributed by atoms with Gasteiger partial charge in [-0.3, -0.25) is 0 Å². The van der Waals surface area contributed by atoms with Crippen LogP contribution in [0.2, 0.25) is 0 Å². The molecule has 76 valence electrons. The minimum absolute atomic E-state index is 0.0634. The second-order valence-electron chi connectivity index (χ2n) is 3.01. The van der Waals surface area contributed by atoms with Gasteiger partial charge in [0.05, 0.1) is 6.61 Å². The summed E-state index contributed by atoms with van der Waals surface area (Å²) in [5, 5.41) is 27.5. The Morgan fingerprint density at radius 2 is 2.00 bits per heavy atom. The van der Waals surface area contributed by atoms with Crippen molar-refractivity contribution in [3.63, 3.8) is 0 Å². The molecule has 0 heterocycles. The average Bonchev–Trinajstić information content (AvgIpc) is 2.10. The van der Waals surface area contributed by atoms with Crippen LogP contribution in [0.1, 0.15) is 12.5 Å². The first-order chi connectivity index (χ1) is 6.56. The molecule has 14 heavy (non-hydrogen) atoms. The number of rotatable bonds is 3. The van der Waals surface area contributed by atoms with Gasteiger partial charge in [0.2, 0.25) is 0 Å². The lowest BCUT2D eigenvalue weighted by molar-refractivity contribution is 0.318. The molecule has 0 aliphatic rings. The number of ether oxygens (including phenoxy) is 1. The summed E-state index contributed by atoms with van der Waals surface area (Å²) < 4.78 is 5.14. The highest BCUT2D eigenvalue weighted by Crippen LogP contribution is 2.24. The maximum atomic E-state index is 9.57. The first-order valence-electron chi connectivity index (χ1n) is 4.38. The van der Waals surface area contributed by atoms with Gasteiger partial charge < -0.3 is 19.9 Å². The number of hydrogen-bond acceptors (Lipinski definition) is 4. The molecule has 0 spiro atoms. The van der Waals surface area contributed by atoms with Crippen molar-refractivity contribution in [1.29, 1.82) is 0 Å². The van der Waals surface area contributed by atoms with Crippen molar-refractivity contribution in [3.05, 3.63) is 17.7 Å². The number of benzene rings is 1. The SMILES string of the molecule is CCOc1cc(C)cc(B(O)O)c1O. The fourth-order valence-electron chi connectivity index (χ4n) is 1.24. The normalized spacial score (nSPS) is 10.0. The summed E-state index contributed by atoms with van der Waals surface area (Å²) in [5.41, 5.74) is 0.864. The number of phenolic OH excluding ortho intramolecular Hbond substituents is 1. The topological polar surface area (TPSA) is 69.9 Å². The van der Waals surface area contributed by atoms with Crippen molar-refractivity contribution in [2.75, 3.05) is 6.61 Å². The van der Waals surface area contributed by atoms with Gasteiger partial charge in [-0.2, -0.15) is 0 Å². The third kappa shape index (κ3) is 2.18. The third-order valence-electron chi connectivity index (χ3n) is 1.83. The lowest BCUT2D eigenvalue weighted by Crippen LogP contribution is -2.30. The van der Waals surface area contributed by atoms with Crippen LogP contribution >= 0.6 is 0 Å². The van der Waals surface area contributed by atoms with Crippen LogP contribution < -0.4 is 10.2 Å². The van der Waals surface area contributed by atoms with Crippen LogP contribution in [0.15, 0.2) is 12.1 Å². The van der Waals surface area contributed by atoms with E-state index in [1.54, 1.807) is 19.9 Å². The summed E-state index contributed by atoms with van der Waals surface area (Å²) in [4.78, 5) is 0. The van der Waals surface area contributed by atoms with Crippen LogP contribution in [0.3, 0.4) is 0 Å². The molecule has 4 nitrogen and oxygen atoms in total. The molecule has 1 aromatic carbocycles. The Morgan fingerprint density at radius 1 is 1.36 bits per heavy atom. The molecule has 0 saturated carbocycles. The zero-order valence-electron chi connectivity index (χ0n) is 8.19. The van der Waals surface area contributed by atoms with E-state index in [-0.39, 0.29) is 17.0 Å². The Balaban J connectivity index is 3.18. The molecule has 0 bridgehead atoms. The van der Waals surface area contributed by atoms with Crippen molar-refractivity contribution in [3.8, 4) is 11.5 Å². The Hall–Kier alpha value is -1.20. The molecular weight excluding hydrogens is 183 g/mol. The Kier molecular flexibility index (Phi) is 3.38. The monoisotopic (exact) mass is 196 g/mol. The van der Waals surface area contributed by atoms with Crippen LogP contribution in [0.5, 0.6) is 11.5 Å². The van der Waals surface area contributed by atoms with Crippen molar-refractivity contribution < 1.29 is 19.9 Å². The fourth-order valence-corrected chi connectivity index (χ4v) is 1.24. The van der Waals surface area contributed by atoms with Crippen molar-refractivity contribution in [2.24, 2.45) is 0 Å². The van der Waals surface area contributed by atoms with E-state index in [0.717, 1.165) is 5.56 Å². The standard InChI is InChI=1S/C9H13BO4/c1-3-14-8-5-6(2)4-7(9(8)11)10(12)13/h4-5,11-13H,3H2,1-2H3. The minimum Gasteiger partial charge on any atom is -0.505 e. The molecule has 0 amide bonds. The fraction of sp³-hybridized carbons (Fsp3) is 0.333. The predicted octanol–water partition coefficient (Wildman–Crippen LogP) is -0.221. The Morgan fingerprint density at radius 3 is 2.50 bits per heavy atom. The van der Waals surface area contributed by atoms with Gasteiger partial charge in [0.1, 0.15) is 0 Å². The van der Waals surface area contributed by atoms with E-state index in [1.165, 1.54) is 6.07 Å². The molecule has 0 unspecified atom stereocenters. The van der Waals surface area contributed by atoms with Crippen LogP contribution in [0.25, 0.3) is 0 Å². The molecule has 0 atom stereocenters. The zero-order chi connectivity index (χ0) is 10.7. The molecule has 0 fully saturated rings. The van der Waals surface area contributed by atoms with Crippen LogP contribution in [-0.2, 0) is 0 Å². The molecule has 5 heteroatoms. The second kappa shape index (κ2) is 4.35. The molecule has 0 aliphatic carbocycles. The summed E-state index contributed by atoms with van der Waals surface area (Å²) in [6.45, 7) is 3.99. The van der Waals surface area contributed by atoms with E-state index < -0.39 is 7.12 Å². The van der Waals surface area contributed by atoms with Gasteiger partial charge in [-0.1, -0.05) is 6.07 Å². The van der Waals surface area contributed by atoms with E-state index in [2.05, 4.69) is 0 Å². The van der Waals surface area contributed by atoms with E-state index in [4.69, 9.17) is 14.8 Å². The minimum atomic E-state index is -1.69. The summed E-state index contributed by atoms with van der Waals surface area (Å²) in [5.74, 6) is 0.0584. The van der Waals surface area contributed by atoms with Gasteiger partial charge in [-0.25, -0.2) is 0 Å². The van der Waals surface area contributed by atoms with Crippen LogP contribution in [-0.4, -0.2) is 28.9 Å². The van der Waals surface area contributed by atoms with Gasteiger partial charge in [0, 0.05) is 5.46 Å². The molecule has 0 radical (unpaired) electrons. The number of aryl methyl sites for hydroxylation is 1. The zero-order valence-corrected chi connectivity index (χ0v) is 8.19. The number of aromatic hydroxyl groups is 1. The first-order valence-corrected chi connectivity index (χ1v) is 4.38. The summed E-state index contributed by atoms with van der Waals surface area (Å²) >= 11 is 0. The Labute approximate surface area is 82.9 Å². The van der Waals surface area contributed by atoms with E-state index in [1.807, 2.05) is 0 Å². The summed E-state index contributed by atoms with van der Waals surface area (Å²) in [6.07, 6.45) is 0. The quantitative estimate of drug-likeness (QED) is 0.584. The lowest BCUT2D eigenvalue weighted by atomic mass is 9.78. The van der Waals surface area contributed by atoms with Gasteiger partial charge in [-0.15, -0.1) is 0 Å². The first kappa shape index (κ1) is 10.9. The lowest BCUT2D eigenvalue weighted by Gasteiger charge is -2.10. The molecule has 1 rings (SSSR count). The maximum absolute atomic E-state index is 9.57. The third-order valence-corrected chi connectivity index (χ3v) is 1.83. The second-order valence-corrected chi connectivity index (χ2v) is 3.01. The number of hydrogen-bond donors (Lipinski definition) is 3. The highest BCUT2D eigenvalue weighted by Gasteiger charge is 2.19. The van der Waals surface area contributed by atoms with Gasteiger partial charge in [-0.05, 0) is 25.5 Å². The average molecular weight is 196 g/mol. The molecule has 0 aromatic heterocycles. The van der Waals surface area contributed by atoms with Gasteiger partial charge in [0.15, 0.2) is 11.5 Å². The molecule has 0 aliphatic heterocycles. The highest BCUT2D eigenvalue weighted by atomic mass is 16.5.